The average molecular weight is 148 g/mol. The van der Waals surface area contributed by atoms with Crippen LogP contribution in [0.2, 0.25) is 0 Å². The summed E-state index contributed by atoms with van der Waals surface area (Å²) in [6.45, 7) is 3.95. The predicted molar refractivity (Wildman–Crippen MR) is 46.8 cm³/mol. The second-order valence-corrected chi connectivity index (χ2v) is 2.49. The number of pyridine rings is 1. The van der Waals surface area contributed by atoms with Crippen LogP contribution >= 0.6 is 0 Å². The molecule has 0 saturated heterocycles. The fourth-order valence-corrected chi connectivity index (χ4v) is 0.991. The molecular formula is C9H12N2. The third-order valence-electron chi connectivity index (χ3n) is 1.68. The molecule has 1 aromatic rings. The SMILES string of the molecule is C/C(=C/N)c1cccnc1C. The van der Waals surface area contributed by atoms with Crippen LogP contribution in [0, 0.1) is 6.92 Å². The van der Waals surface area contributed by atoms with E-state index in [1.807, 2.05) is 26.0 Å². The zero-order valence-electron chi connectivity index (χ0n) is 6.83. The summed E-state index contributed by atoms with van der Waals surface area (Å²) in [7, 11) is 0. The molecule has 0 aliphatic carbocycles. The number of nitrogens with zero attached hydrogens (tertiary/aromatic N) is 1. The number of aromatic nitrogens is 1. The number of rotatable bonds is 1. The lowest BCUT2D eigenvalue weighted by Crippen LogP contribution is -1.90. The second kappa shape index (κ2) is 3.19. The van der Waals surface area contributed by atoms with E-state index in [-0.39, 0.29) is 0 Å². The second-order valence-electron chi connectivity index (χ2n) is 2.49. The summed E-state index contributed by atoms with van der Waals surface area (Å²) in [6.07, 6.45) is 3.38. The Morgan fingerprint density at radius 2 is 2.36 bits per heavy atom. The molecule has 1 aromatic heterocycles. The quantitative estimate of drug-likeness (QED) is 0.658. The fraction of sp³-hybridized carbons (Fsp3) is 0.222. The lowest BCUT2D eigenvalue weighted by atomic mass is 10.1. The Hall–Kier alpha value is -1.31. The lowest BCUT2D eigenvalue weighted by molar-refractivity contribution is 1.18. The Balaban J connectivity index is 3.14. The maximum atomic E-state index is 5.38. The fourth-order valence-electron chi connectivity index (χ4n) is 0.991. The highest BCUT2D eigenvalue weighted by Gasteiger charge is 1.97. The number of allylic oxidation sites excluding steroid dienone is 1. The van der Waals surface area contributed by atoms with Crippen LogP contribution in [0.1, 0.15) is 18.2 Å². The van der Waals surface area contributed by atoms with Crippen molar-refractivity contribution in [2.45, 2.75) is 13.8 Å². The van der Waals surface area contributed by atoms with Crippen LogP contribution in [0.3, 0.4) is 0 Å². The van der Waals surface area contributed by atoms with Crippen LogP contribution in [0.25, 0.3) is 5.57 Å². The zero-order chi connectivity index (χ0) is 8.27. The van der Waals surface area contributed by atoms with Crippen LogP contribution < -0.4 is 5.73 Å². The van der Waals surface area contributed by atoms with Crippen LogP contribution in [-0.2, 0) is 0 Å². The first kappa shape index (κ1) is 7.79. The molecule has 11 heavy (non-hydrogen) atoms. The molecule has 0 aromatic carbocycles. The molecule has 2 N–H and O–H groups in total. The molecule has 58 valence electrons. The van der Waals surface area contributed by atoms with Gasteiger partial charge in [0.1, 0.15) is 0 Å². The number of nitrogens with two attached hydrogens (primary N) is 1. The molecule has 2 heteroatoms. The van der Waals surface area contributed by atoms with Crippen LogP contribution in [0.15, 0.2) is 24.5 Å². The zero-order valence-corrected chi connectivity index (χ0v) is 6.83. The Morgan fingerprint density at radius 1 is 1.64 bits per heavy atom. The monoisotopic (exact) mass is 148 g/mol. The summed E-state index contributed by atoms with van der Waals surface area (Å²) >= 11 is 0. The summed E-state index contributed by atoms with van der Waals surface area (Å²) in [5.74, 6) is 0. The van der Waals surface area contributed by atoms with Crippen LogP contribution in [0.4, 0.5) is 0 Å². The minimum Gasteiger partial charge on any atom is -0.404 e. The molecule has 0 atom stereocenters. The van der Waals surface area contributed by atoms with Gasteiger partial charge >= 0.3 is 0 Å². The molecule has 1 heterocycles. The molecule has 0 amide bonds. The smallest absolute Gasteiger partial charge is 0.0448 e. The average Bonchev–Trinajstić information content (AvgIpc) is 2.04. The van der Waals surface area contributed by atoms with Crippen molar-refractivity contribution in [2.24, 2.45) is 5.73 Å². The minimum atomic E-state index is 1.02. The lowest BCUT2D eigenvalue weighted by Gasteiger charge is -2.02. The Morgan fingerprint density at radius 3 is 2.91 bits per heavy atom. The van der Waals surface area contributed by atoms with E-state index >= 15 is 0 Å². The van der Waals surface area contributed by atoms with Crippen molar-refractivity contribution in [3.05, 3.63) is 35.8 Å². The van der Waals surface area contributed by atoms with Gasteiger partial charge in [0.2, 0.25) is 0 Å². The van der Waals surface area contributed by atoms with E-state index in [4.69, 9.17) is 5.73 Å². The molecule has 2 nitrogen and oxygen atoms in total. The van der Waals surface area contributed by atoms with Crippen molar-refractivity contribution in [1.82, 2.24) is 4.98 Å². The molecule has 0 bridgehead atoms. The highest BCUT2D eigenvalue weighted by atomic mass is 14.7. The van der Waals surface area contributed by atoms with Crippen molar-refractivity contribution in [2.75, 3.05) is 0 Å². The van der Waals surface area contributed by atoms with Gasteiger partial charge in [0.25, 0.3) is 0 Å². The summed E-state index contributed by atoms with van der Waals surface area (Å²) in [4.78, 5) is 4.15. The van der Waals surface area contributed by atoms with Crippen molar-refractivity contribution >= 4 is 5.57 Å². The molecule has 1 rings (SSSR count). The maximum absolute atomic E-state index is 5.38. The minimum absolute atomic E-state index is 1.02. The van der Waals surface area contributed by atoms with E-state index < -0.39 is 0 Å². The van der Waals surface area contributed by atoms with E-state index in [0.29, 0.717) is 0 Å². The summed E-state index contributed by atoms with van der Waals surface area (Å²) < 4.78 is 0. The van der Waals surface area contributed by atoms with E-state index in [1.54, 1.807) is 12.4 Å². The van der Waals surface area contributed by atoms with Gasteiger partial charge in [-0.25, -0.2) is 0 Å². The van der Waals surface area contributed by atoms with E-state index in [0.717, 1.165) is 16.8 Å². The van der Waals surface area contributed by atoms with Gasteiger partial charge in [-0.1, -0.05) is 6.07 Å². The van der Waals surface area contributed by atoms with Gasteiger partial charge < -0.3 is 5.73 Å². The van der Waals surface area contributed by atoms with Gasteiger partial charge in [-0.15, -0.1) is 0 Å². The highest BCUT2D eigenvalue weighted by molar-refractivity contribution is 5.64. The first-order valence-electron chi connectivity index (χ1n) is 3.56. The Labute approximate surface area is 66.8 Å². The topological polar surface area (TPSA) is 38.9 Å². The van der Waals surface area contributed by atoms with Gasteiger partial charge in [0.15, 0.2) is 0 Å². The largest absolute Gasteiger partial charge is 0.404 e. The standard InChI is InChI=1S/C9H12N2/c1-7(6-10)9-4-3-5-11-8(9)2/h3-6H,10H2,1-2H3/b7-6-. The number of aryl methyl sites for hydroxylation is 1. The van der Waals surface area contributed by atoms with E-state index in [2.05, 4.69) is 4.98 Å². The molecule has 0 fully saturated rings. The molecule has 0 unspecified atom stereocenters. The van der Waals surface area contributed by atoms with Crippen molar-refractivity contribution in [1.29, 1.82) is 0 Å². The first-order valence-corrected chi connectivity index (χ1v) is 3.56. The molecule has 0 saturated carbocycles. The number of hydrogen-bond acceptors (Lipinski definition) is 2. The molecular weight excluding hydrogens is 136 g/mol. The Bertz CT molecular complexity index is 277. The van der Waals surface area contributed by atoms with E-state index in [9.17, 15) is 0 Å². The maximum Gasteiger partial charge on any atom is 0.0448 e. The normalized spacial score (nSPS) is 11.6. The van der Waals surface area contributed by atoms with E-state index in [1.165, 1.54) is 0 Å². The summed E-state index contributed by atoms with van der Waals surface area (Å²) in [5.41, 5.74) is 8.59. The van der Waals surface area contributed by atoms with Gasteiger partial charge in [0, 0.05) is 17.5 Å². The van der Waals surface area contributed by atoms with Gasteiger partial charge in [-0.3, -0.25) is 4.98 Å². The number of hydrogen-bond donors (Lipinski definition) is 1. The third kappa shape index (κ3) is 1.58. The third-order valence-corrected chi connectivity index (χ3v) is 1.68. The molecule has 0 aliphatic rings. The van der Waals surface area contributed by atoms with Gasteiger partial charge in [-0.05, 0) is 31.7 Å². The van der Waals surface area contributed by atoms with Crippen LogP contribution in [-0.4, -0.2) is 4.98 Å². The van der Waals surface area contributed by atoms with Crippen molar-refractivity contribution in [3.63, 3.8) is 0 Å². The van der Waals surface area contributed by atoms with Crippen molar-refractivity contribution < 1.29 is 0 Å². The summed E-state index contributed by atoms with van der Waals surface area (Å²) in [6, 6.07) is 3.93. The Kier molecular flexibility index (Phi) is 2.26. The molecule has 0 radical (unpaired) electrons. The first-order chi connectivity index (χ1) is 5.25. The summed E-state index contributed by atoms with van der Waals surface area (Å²) in [5, 5.41) is 0. The van der Waals surface area contributed by atoms with Crippen LogP contribution in [0.5, 0.6) is 0 Å². The molecule has 0 spiro atoms. The highest BCUT2D eigenvalue weighted by Crippen LogP contribution is 2.13. The predicted octanol–water partition coefficient (Wildman–Crippen LogP) is 1.71. The van der Waals surface area contributed by atoms with Crippen molar-refractivity contribution in [3.8, 4) is 0 Å². The van der Waals surface area contributed by atoms with Gasteiger partial charge in [-0.2, -0.15) is 0 Å². The molecule has 0 aliphatic heterocycles. The van der Waals surface area contributed by atoms with Gasteiger partial charge in [0.05, 0.1) is 0 Å².